The quantitative estimate of drug-likeness (QED) is 0.804. The van der Waals surface area contributed by atoms with Gasteiger partial charge in [0.05, 0.1) is 17.0 Å². The molecule has 8 heteroatoms. The molecule has 3 rings (SSSR count). The predicted octanol–water partition coefficient (Wildman–Crippen LogP) is 2.49. The minimum absolute atomic E-state index is 0.0192. The first-order valence-corrected chi connectivity index (χ1v) is 6.39. The van der Waals surface area contributed by atoms with E-state index in [4.69, 9.17) is 0 Å². The largest absolute Gasteiger partial charge is 0.573 e. The van der Waals surface area contributed by atoms with E-state index in [-0.39, 0.29) is 11.3 Å². The van der Waals surface area contributed by atoms with Crippen LogP contribution in [0.15, 0.2) is 42.5 Å². The predicted molar refractivity (Wildman–Crippen MR) is 72.5 cm³/mol. The molecule has 0 radical (unpaired) electrons. The minimum atomic E-state index is -4.77. The van der Waals surface area contributed by atoms with Crippen LogP contribution in [0.2, 0.25) is 0 Å². The zero-order valence-corrected chi connectivity index (χ0v) is 11.3. The Kier molecular flexibility index (Phi) is 3.44. The normalized spacial score (nSPS) is 11.6. The Labute approximate surface area is 127 Å². The van der Waals surface area contributed by atoms with Crippen LogP contribution in [0.3, 0.4) is 0 Å². The number of rotatable bonds is 3. The number of alkyl halides is 3. The van der Waals surface area contributed by atoms with Crippen molar-refractivity contribution in [1.29, 1.82) is 0 Å². The van der Waals surface area contributed by atoms with Crippen LogP contribution in [0, 0.1) is 0 Å². The SMILES string of the molecule is O=C([O-])c1ccc(-c2nc3ccc(OC(F)(F)F)cc3[nH]2)cc1. The first kappa shape index (κ1) is 14.9. The number of fused-ring (bicyclic) bond motifs is 1. The van der Waals surface area contributed by atoms with Crippen molar-refractivity contribution in [3.05, 3.63) is 48.0 Å². The molecule has 0 saturated carbocycles. The van der Waals surface area contributed by atoms with Gasteiger partial charge in [-0.3, -0.25) is 0 Å². The molecule has 2 aromatic carbocycles. The molecule has 1 aromatic heterocycles. The van der Waals surface area contributed by atoms with E-state index in [1.165, 1.54) is 42.5 Å². The molecular formula is C15H8F3N2O3-. The lowest BCUT2D eigenvalue weighted by atomic mass is 10.1. The van der Waals surface area contributed by atoms with Gasteiger partial charge in [-0.05, 0) is 17.7 Å². The van der Waals surface area contributed by atoms with Gasteiger partial charge in [-0.1, -0.05) is 24.3 Å². The smallest absolute Gasteiger partial charge is 0.545 e. The van der Waals surface area contributed by atoms with Crippen molar-refractivity contribution in [2.24, 2.45) is 0 Å². The summed E-state index contributed by atoms with van der Waals surface area (Å²) in [4.78, 5) is 17.8. The molecule has 118 valence electrons. The number of nitrogens with zero attached hydrogens (tertiary/aromatic N) is 1. The number of aromatic amines is 1. The second-order valence-electron chi connectivity index (χ2n) is 4.68. The molecule has 0 fully saturated rings. The molecule has 0 unspecified atom stereocenters. The van der Waals surface area contributed by atoms with E-state index in [0.29, 0.717) is 22.4 Å². The number of hydrogen-bond donors (Lipinski definition) is 1. The first-order chi connectivity index (χ1) is 10.8. The summed E-state index contributed by atoms with van der Waals surface area (Å²) < 4.78 is 40.5. The minimum Gasteiger partial charge on any atom is -0.545 e. The molecule has 23 heavy (non-hydrogen) atoms. The molecule has 0 aliphatic rings. The maximum atomic E-state index is 12.2. The second kappa shape index (κ2) is 5.31. The Morgan fingerprint density at radius 1 is 1.13 bits per heavy atom. The summed E-state index contributed by atoms with van der Waals surface area (Å²) in [5.74, 6) is -1.25. The van der Waals surface area contributed by atoms with E-state index in [1.807, 2.05) is 0 Å². The second-order valence-corrected chi connectivity index (χ2v) is 4.68. The van der Waals surface area contributed by atoms with Gasteiger partial charge in [-0.15, -0.1) is 13.2 Å². The molecule has 0 aliphatic carbocycles. The summed E-state index contributed by atoms with van der Waals surface area (Å²) >= 11 is 0. The fourth-order valence-electron chi connectivity index (χ4n) is 2.09. The summed E-state index contributed by atoms with van der Waals surface area (Å²) in [6.45, 7) is 0. The molecular weight excluding hydrogens is 313 g/mol. The van der Waals surface area contributed by atoms with Gasteiger partial charge in [0.15, 0.2) is 0 Å². The molecule has 5 nitrogen and oxygen atoms in total. The van der Waals surface area contributed by atoms with Crippen molar-refractivity contribution in [2.75, 3.05) is 0 Å². The highest BCUT2D eigenvalue weighted by atomic mass is 19.4. The number of carbonyl (C=O) groups excluding carboxylic acids is 1. The summed E-state index contributed by atoms with van der Waals surface area (Å²) in [5.41, 5.74) is 1.43. The van der Waals surface area contributed by atoms with Crippen LogP contribution in [0.1, 0.15) is 10.4 Å². The van der Waals surface area contributed by atoms with Crippen LogP contribution < -0.4 is 9.84 Å². The molecule has 0 amide bonds. The van der Waals surface area contributed by atoms with Gasteiger partial charge in [-0.25, -0.2) is 4.98 Å². The standard InChI is InChI=1S/C15H9F3N2O3/c16-15(17,18)23-10-5-6-11-12(7-10)20-13(19-11)8-1-3-9(4-2-8)14(21)22/h1-7H,(H,19,20)(H,21,22)/p-1. The molecule has 0 bridgehead atoms. The molecule has 3 aromatic rings. The van der Waals surface area contributed by atoms with Gasteiger partial charge in [0.25, 0.3) is 0 Å². The highest BCUT2D eigenvalue weighted by molar-refractivity contribution is 5.87. The van der Waals surface area contributed by atoms with Crippen molar-refractivity contribution in [3.63, 3.8) is 0 Å². The zero-order chi connectivity index (χ0) is 16.6. The lowest BCUT2D eigenvalue weighted by Crippen LogP contribution is -2.21. The number of H-pyrrole nitrogens is 1. The number of imidazole rings is 1. The van der Waals surface area contributed by atoms with Crippen LogP contribution in [0.25, 0.3) is 22.4 Å². The number of nitrogens with one attached hydrogen (secondary N) is 1. The average molecular weight is 321 g/mol. The van der Waals surface area contributed by atoms with Gasteiger partial charge < -0.3 is 19.6 Å². The van der Waals surface area contributed by atoms with E-state index in [2.05, 4.69) is 14.7 Å². The number of aromatic carboxylic acids is 1. The molecule has 0 atom stereocenters. The van der Waals surface area contributed by atoms with E-state index < -0.39 is 12.3 Å². The molecule has 0 spiro atoms. The van der Waals surface area contributed by atoms with Crippen molar-refractivity contribution in [1.82, 2.24) is 9.97 Å². The highest BCUT2D eigenvalue weighted by Crippen LogP contribution is 2.27. The topological polar surface area (TPSA) is 78.0 Å². The fourth-order valence-corrected chi connectivity index (χ4v) is 2.09. The maximum Gasteiger partial charge on any atom is 0.573 e. The van der Waals surface area contributed by atoms with Gasteiger partial charge >= 0.3 is 6.36 Å². The monoisotopic (exact) mass is 321 g/mol. The third-order valence-electron chi connectivity index (χ3n) is 3.08. The van der Waals surface area contributed by atoms with Crippen molar-refractivity contribution >= 4 is 17.0 Å². The Morgan fingerprint density at radius 2 is 1.83 bits per heavy atom. The average Bonchev–Trinajstić information content (AvgIpc) is 2.88. The maximum absolute atomic E-state index is 12.2. The number of benzene rings is 2. The number of carboxylic acids is 1. The third kappa shape index (κ3) is 3.25. The lowest BCUT2D eigenvalue weighted by Gasteiger charge is -2.07. The number of hydrogen-bond acceptors (Lipinski definition) is 4. The Morgan fingerprint density at radius 3 is 2.43 bits per heavy atom. The Hall–Kier alpha value is -3.03. The van der Waals surface area contributed by atoms with Gasteiger partial charge in [0.1, 0.15) is 11.6 Å². The molecule has 0 saturated heterocycles. The van der Waals surface area contributed by atoms with Gasteiger partial charge in [0.2, 0.25) is 0 Å². The summed E-state index contributed by atoms with van der Waals surface area (Å²) in [6.07, 6.45) is -4.77. The van der Waals surface area contributed by atoms with Crippen LogP contribution in [0.4, 0.5) is 13.2 Å². The van der Waals surface area contributed by atoms with E-state index >= 15 is 0 Å². The summed E-state index contributed by atoms with van der Waals surface area (Å²) in [5, 5.41) is 10.7. The van der Waals surface area contributed by atoms with Crippen LogP contribution in [0.5, 0.6) is 5.75 Å². The zero-order valence-electron chi connectivity index (χ0n) is 11.3. The Bertz CT molecular complexity index is 870. The van der Waals surface area contributed by atoms with Crippen molar-refractivity contribution in [3.8, 4) is 17.1 Å². The third-order valence-corrected chi connectivity index (χ3v) is 3.08. The van der Waals surface area contributed by atoms with Crippen LogP contribution in [-0.4, -0.2) is 22.3 Å². The first-order valence-electron chi connectivity index (χ1n) is 6.39. The number of aromatic nitrogens is 2. The Balaban J connectivity index is 1.94. The molecule has 0 aliphatic heterocycles. The lowest BCUT2D eigenvalue weighted by molar-refractivity contribution is -0.274. The van der Waals surface area contributed by atoms with Crippen molar-refractivity contribution in [2.45, 2.75) is 6.36 Å². The summed E-state index contributed by atoms with van der Waals surface area (Å²) in [6, 6.07) is 9.51. The molecule has 1 heterocycles. The number of ether oxygens (including phenoxy) is 1. The number of halogens is 3. The van der Waals surface area contributed by atoms with E-state index in [1.54, 1.807) is 0 Å². The fraction of sp³-hybridized carbons (Fsp3) is 0.0667. The molecule has 1 N–H and O–H groups in total. The van der Waals surface area contributed by atoms with Crippen LogP contribution in [-0.2, 0) is 0 Å². The van der Waals surface area contributed by atoms with E-state index in [0.717, 1.165) is 0 Å². The van der Waals surface area contributed by atoms with Crippen LogP contribution >= 0.6 is 0 Å². The van der Waals surface area contributed by atoms with E-state index in [9.17, 15) is 23.1 Å². The van der Waals surface area contributed by atoms with Gasteiger partial charge in [0, 0.05) is 11.6 Å². The van der Waals surface area contributed by atoms with Gasteiger partial charge in [-0.2, -0.15) is 0 Å². The van der Waals surface area contributed by atoms with Crippen molar-refractivity contribution < 1.29 is 27.8 Å². The number of carboxylic acid groups (broad SMARTS) is 1. The summed E-state index contributed by atoms with van der Waals surface area (Å²) in [7, 11) is 0. The highest BCUT2D eigenvalue weighted by Gasteiger charge is 2.31. The number of carbonyl (C=O) groups is 1.